The summed E-state index contributed by atoms with van der Waals surface area (Å²) in [6.07, 6.45) is 1.94. The summed E-state index contributed by atoms with van der Waals surface area (Å²) in [5.41, 5.74) is 10.5. The van der Waals surface area contributed by atoms with Crippen molar-refractivity contribution in [1.82, 2.24) is 40.2 Å². The number of benzene rings is 4. The van der Waals surface area contributed by atoms with Gasteiger partial charge in [-0.1, -0.05) is 94.0 Å². The molecule has 2 unspecified atom stereocenters. The molecule has 7 aliphatic rings. The smallest absolute Gasteiger partial charge is 0.410 e. The monoisotopic (exact) mass is 1620 g/mol. The number of amides is 8. The average molecular weight is 1630 g/mol. The summed E-state index contributed by atoms with van der Waals surface area (Å²) in [5.74, 6) is -5.52. The van der Waals surface area contributed by atoms with Gasteiger partial charge in [0.25, 0.3) is 17.7 Å². The Bertz CT molecular complexity index is 4880. The Morgan fingerprint density at radius 3 is 2.20 bits per heavy atom. The third kappa shape index (κ3) is 19.7. The van der Waals surface area contributed by atoms with Crippen LogP contribution in [-0.4, -0.2) is 190 Å². The number of carboxylic acids is 2. The zero-order valence-electron chi connectivity index (χ0n) is 66.0. The molecule has 8 amide bonds. The van der Waals surface area contributed by atoms with Crippen molar-refractivity contribution in [3.63, 3.8) is 0 Å². The van der Waals surface area contributed by atoms with E-state index in [-0.39, 0.29) is 122 Å². The van der Waals surface area contributed by atoms with Crippen LogP contribution in [0.2, 0.25) is 0 Å². The van der Waals surface area contributed by atoms with Crippen LogP contribution < -0.4 is 36.6 Å². The van der Waals surface area contributed by atoms with Gasteiger partial charge in [-0.05, 0) is 177 Å². The van der Waals surface area contributed by atoms with Gasteiger partial charge >= 0.3 is 24.1 Å². The molecule has 4 bridgehead atoms. The summed E-state index contributed by atoms with van der Waals surface area (Å²) in [4.78, 5) is 145. The maximum Gasteiger partial charge on any atom is 0.410 e. The standard InChI is InChI=1S/C85H100N12O19S/c1-49(2)59(37-55(98)14-7-6-10-33-96-66(99)29-30-67(96)100)74(105)90-63(17-12-32-87-79(86)111)75(106)89-54-23-19-52(20-24-54)41-113-81(112)95(39-51-21-25-56(26-22-51)115-78-71(103)69(101)70(102)72(116-78)77(109)110)35-36-114-85-45-82(4)42-83(5,46-85)44-84(43-82,47-85)48-97-50(3)60(38-88-97)57-27-28-65(92-68(57)76(107)108)94-34-31-53-13-11-15-58(61(53)40-94)73(104)93-80-91-62-16-8-9-18-64(62)117-80/h8-9,11,13,15-16,18-30,38,49,59,63,69-72,78,101-103H,6-7,10,12,14,17,31-37,39-48H2,1-5H3,(H,89,106)(H,90,105)(H,107,108)(H,109,110)(H3,86,87,111)(H,91,93,104)/t59-,63-,69-,70-,71+,72-,78-,82?,83?,84?,85?/m0/s1. The van der Waals surface area contributed by atoms with Crippen molar-refractivity contribution < 1.29 is 92.4 Å². The van der Waals surface area contributed by atoms with E-state index in [2.05, 4.69) is 40.1 Å². The molecule has 11 N–H and O–H groups in total. The lowest BCUT2D eigenvalue weighted by Gasteiger charge is -2.69. The predicted molar refractivity (Wildman–Crippen MR) is 429 cm³/mol. The molecule has 5 fully saturated rings. The van der Waals surface area contributed by atoms with E-state index in [1.165, 1.54) is 40.5 Å². The SMILES string of the molecule is Cc1c(-c2ccc(N3CCc4cccc(C(=O)Nc5nc6ccccc6s5)c4C3)nc2C(=O)O)cnn1CC12CC3(C)CC(C)(C1)CC(OCCN(Cc1ccc(O[C@H]4O[C@H](C(=O)O)[C@@H](O)[C@H](O)[C@H]4O)cc1)C(=O)OCc1ccc(NC(=O)[C@H](CCCNC(N)=O)NC(=O)[C@@H](CC(=O)CCCCCN4C(=O)C=CC4=O)C(C)C)cc1)(C3)C2. The van der Waals surface area contributed by atoms with E-state index in [1.807, 2.05) is 72.8 Å². The van der Waals surface area contributed by atoms with Gasteiger partial charge in [0.1, 0.15) is 48.3 Å². The number of urea groups is 1. The molecule has 117 heavy (non-hydrogen) atoms. The second kappa shape index (κ2) is 35.4. The molecule has 6 heterocycles. The van der Waals surface area contributed by atoms with Gasteiger partial charge in [-0.15, -0.1) is 0 Å². The van der Waals surface area contributed by atoms with Crippen LogP contribution in [0.1, 0.15) is 160 Å². The van der Waals surface area contributed by atoms with Crippen LogP contribution in [0.3, 0.4) is 0 Å². The van der Waals surface area contributed by atoms with Crippen molar-refractivity contribution >= 4 is 97.6 Å². The van der Waals surface area contributed by atoms with Crippen LogP contribution in [0.25, 0.3) is 21.3 Å². The van der Waals surface area contributed by atoms with E-state index in [0.717, 1.165) is 64.0 Å². The van der Waals surface area contributed by atoms with Gasteiger partial charge in [-0.25, -0.2) is 29.1 Å². The summed E-state index contributed by atoms with van der Waals surface area (Å²) in [6, 6.07) is 28.0. The number of aromatic nitrogens is 4. The summed E-state index contributed by atoms with van der Waals surface area (Å²) in [6.45, 7) is 11.9. The third-order valence-corrected chi connectivity index (χ3v) is 24.3. The van der Waals surface area contributed by atoms with E-state index in [9.17, 15) is 73.5 Å². The Balaban J connectivity index is 0.668. The normalized spacial score (nSPS) is 23.6. The molecule has 3 aliphatic heterocycles. The van der Waals surface area contributed by atoms with Crippen molar-refractivity contribution in [2.45, 2.75) is 193 Å². The second-order valence-corrected chi connectivity index (χ2v) is 34.2. The molecule has 4 aromatic carbocycles. The average Bonchev–Trinajstić information content (AvgIpc) is 1.69. The quantitative estimate of drug-likeness (QED) is 0.0131. The number of rotatable bonds is 35. The first kappa shape index (κ1) is 83.9. The predicted octanol–water partition coefficient (Wildman–Crippen LogP) is 9.21. The minimum atomic E-state index is -1.93. The molecule has 1 saturated heterocycles. The Labute approximate surface area is 679 Å². The van der Waals surface area contributed by atoms with E-state index in [4.69, 9.17) is 34.8 Å². The van der Waals surface area contributed by atoms with Crippen molar-refractivity contribution in [2.75, 3.05) is 48.3 Å². The van der Waals surface area contributed by atoms with Crippen molar-refractivity contribution in [2.24, 2.45) is 33.8 Å². The third-order valence-electron chi connectivity index (χ3n) is 23.4. The number of ketones is 1. The number of para-hydroxylation sites is 1. The van der Waals surface area contributed by atoms with Gasteiger partial charge in [-0.3, -0.25) is 43.7 Å². The molecular weight excluding hydrogens is 1530 g/mol. The first-order valence-corrected chi connectivity index (χ1v) is 40.5. The number of imide groups is 1. The lowest BCUT2D eigenvalue weighted by molar-refractivity contribution is -0.271. The number of aliphatic hydroxyl groups is 3. The molecule has 31 nitrogen and oxygen atoms in total. The number of nitrogens with two attached hydrogens (primary N) is 1. The largest absolute Gasteiger partial charge is 0.479 e. The second-order valence-electron chi connectivity index (χ2n) is 33.2. The van der Waals surface area contributed by atoms with Gasteiger partial charge in [0.2, 0.25) is 18.1 Å². The highest BCUT2D eigenvalue weighted by Crippen LogP contribution is 2.72. The number of anilines is 3. The van der Waals surface area contributed by atoms with E-state index in [0.29, 0.717) is 96.2 Å². The zero-order valence-corrected chi connectivity index (χ0v) is 66.8. The minimum Gasteiger partial charge on any atom is -0.479 e. The van der Waals surface area contributed by atoms with E-state index < -0.39 is 84.1 Å². The molecule has 0 radical (unpaired) electrons. The molecule has 3 aromatic heterocycles. The molecule has 620 valence electrons. The van der Waals surface area contributed by atoms with Crippen LogP contribution in [0, 0.1) is 35.0 Å². The molecule has 0 spiro atoms. The molecule has 7 aromatic rings. The fourth-order valence-corrected chi connectivity index (χ4v) is 19.7. The van der Waals surface area contributed by atoms with Crippen LogP contribution >= 0.6 is 11.3 Å². The number of carbonyl (C=O) groups is 10. The summed E-state index contributed by atoms with van der Waals surface area (Å²) in [7, 11) is 0. The van der Waals surface area contributed by atoms with Crippen molar-refractivity contribution in [3.05, 3.63) is 161 Å². The number of thiazole rings is 1. The number of aromatic carboxylic acids is 1. The Hall–Kier alpha value is -11.0. The maximum atomic E-state index is 14.6. The Morgan fingerprint density at radius 2 is 1.50 bits per heavy atom. The number of unbranched alkanes of at least 4 members (excludes halogenated alkanes) is 2. The molecule has 9 atom stereocenters. The minimum absolute atomic E-state index is 0.00446. The first-order chi connectivity index (χ1) is 55.8. The number of nitrogens with zero attached hydrogens (tertiary/aromatic N) is 7. The molecular formula is C85H100N12O19S. The Kier molecular flexibility index (Phi) is 25.4. The number of fused-ring (bicyclic) bond motifs is 2. The molecule has 14 rings (SSSR count). The summed E-state index contributed by atoms with van der Waals surface area (Å²) < 4.78 is 27.3. The fourth-order valence-electron chi connectivity index (χ4n) is 18.8. The number of primary amides is 1. The van der Waals surface area contributed by atoms with Crippen molar-refractivity contribution in [3.8, 4) is 16.9 Å². The number of Topliss-reactive ketones (excluding diaryl/α,β-unsaturated/α-hetero) is 1. The lowest BCUT2D eigenvalue weighted by atomic mass is 9.39. The number of aliphatic hydroxyl groups excluding tert-OH is 3. The molecule has 4 saturated carbocycles. The fraction of sp³-hybridized carbons (Fsp3) is 0.471. The highest BCUT2D eigenvalue weighted by molar-refractivity contribution is 7.22. The van der Waals surface area contributed by atoms with Crippen LogP contribution in [0.5, 0.6) is 5.75 Å². The molecule has 4 aliphatic carbocycles. The van der Waals surface area contributed by atoms with E-state index in [1.54, 1.807) is 54.7 Å². The highest BCUT2D eigenvalue weighted by atomic mass is 32.1. The van der Waals surface area contributed by atoms with Crippen LogP contribution in [-0.2, 0) is 75.6 Å². The van der Waals surface area contributed by atoms with Gasteiger partial charge in [0, 0.05) is 105 Å². The highest BCUT2D eigenvalue weighted by Gasteiger charge is 2.66. The van der Waals surface area contributed by atoms with Gasteiger partial charge in [0.15, 0.2) is 16.9 Å². The zero-order chi connectivity index (χ0) is 83.3. The number of aliphatic carboxylic acids is 1. The van der Waals surface area contributed by atoms with Crippen molar-refractivity contribution in [1.29, 1.82) is 0 Å². The number of nitrogens with one attached hydrogen (secondary N) is 4. The number of hydrogen-bond donors (Lipinski definition) is 10. The number of hydrogen-bond acceptors (Lipinski definition) is 22. The number of carboxylic acid groups (broad SMARTS) is 2. The topological polar surface area (TPSA) is 436 Å². The van der Waals surface area contributed by atoms with Gasteiger partial charge < -0.3 is 76.0 Å². The summed E-state index contributed by atoms with van der Waals surface area (Å²) >= 11 is 1.40. The van der Waals surface area contributed by atoms with E-state index >= 15 is 0 Å². The number of carbonyl (C=O) groups excluding carboxylic acids is 8. The van der Waals surface area contributed by atoms with Gasteiger partial charge in [-0.2, -0.15) is 5.10 Å². The number of ether oxygens (including phenoxy) is 4. The Morgan fingerprint density at radius 1 is 0.769 bits per heavy atom. The summed E-state index contributed by atoms with van der Waals surface area (Å²) in [5, 5.41) is 68.6. The van der Waals surface area contributed by atoms with Gasteiger partial charge in [0.05, 0.1) is 28.6 Å². The van der Waals surface area contributed by atoms with Crippen LogP contribution in [0.15, 0.2) is 121 Å². The van der Waals surface area contributed by atoms with Crippen LogP contribution in [0.4, 0.5) is 26.2 Å². The lowest BCUT2D eigenvalue weighted by Crippen LogP contribution is -2.64. The molecule has 32 heteroatoms. The first-order valence-electron chi connectivity index (χ1n) is 39.7. The maximum absolute atomic E-state index is 14.6. The number of pyridine rings is 1.